The van der Waals surface area contributed by atoms with E-state index < -0.39 is 11.3 Å². The number of thioether (sulfide) groups is 1. The highest BCUT2D eigenvalue weighted by atomic mass is 32.2. The molecule has 2 aliphatic heterocycles. The molecule has 0 saturated heterocycles. The zero-order valence-electron chi connectivity index (χ0n) is 22.9. The molecule has 9 nitrogen and oxygen atoms in total. The Kier molecular flexibility index (Phi) is 8.79. The Morgan fingerprint density at radius 1 is 1.05 bits per heavy atom. The van der Waals surface area contributed by atoms with E-state index in [9.17, 15) is 14.4 Å². The zero-order valence-corrected chi connectivity index (χ0v) is 23.7. The number of aliphatic imine (C=N–C) groups is 2. The lowest BCUT2D eigenvalue weighted by molar-refractivity contribution is -0.125. The minimum Gasteiger partial charge on any atom is -0.497 e. The number of ether oxygens (including phenoxy) is 1. The van der Waals surface area contributed by atoms with Crippen LogP contribution in [-0.2, 0) is 20.9 Å². The molecule has 2 aliphatic rings. The van der Waals surface area contributed by atoms with Gasteiger partial charge in [-0.25, -0.2) is 9.89 Å². The number of hydrogen-bond donors (Lipinski definition) is 2. The summed E-state index contributed by atoms with van der Waals surface area (Å²) in [5.74, 6) is 0.542. The topological polar surface area (TPSA) is 112 Å². The quantitative estimate of drug-likeness (QED) is 0.361. The highest BCUT2D eigenvalue weighted by Crippen LogP contribution is 2.36. The van der Waals surface area contributed by atoms with Crippen molar-refractivity contribution in [3.63, 3.8) is 0 Å². The molecule has 2 atom stereocenters. The molecular formula is C31H31N5O4S. The molecule has 0 bridgehead atoms. The Hall–Kier alpha value is -4.44. The van der Waals surface area contributed by atoms with E-state index in [1.807, 2.05) is 61.5 Å². The van der Waals surface area contributed by atoms with Gasteiger partial charge in [0.1, 0.15) is 17.6 Å². The third kappa shape index (κ3) is 6.49. The maximum Gasteiger partial charge on any atom is 0.259 e. The number of amidine groups is 2. The number of carbonyl (C=O) groups excluding carboxylic acids is 3. The first-order valence-electron chi connectivity index (χ1n) is 13.5. The average molecular weight is 570 g/mol. The average Bonchev–Trinajstić information content (AvgIpc) is 3.34. The van der Waals surface area contributed by atoms with Crippen LogP contribution in [0.4, 0.5) is 11.4 Å². The van der Waals surface area contributed by atoms with Crippen LogP contribution >= 0.6 is 11.8 Å². The summed E-state index contributed by atoms with van der Waals surface area (Å²) in [4.78, 5) is 50.4. The molecule has 3 aromatic carbocycles. The van der Waals surface area contributed by atoms with Crippen LogP contribution in [0.25, 0.3) is 0 Å². The molecule has 0 unspecified atom stereocenters. The van der Waals surface area contributed by atoms with Crippen molar-refractivity contribution in [2.75, 3.05) is 12.4 Å². The number of nitrogens with zero attached hydrogens (tertiary/aromatic N) is 3. The normalized spacial score (nSPS) is 16.2. The van der Waals surface area contributed by atoms with Gasteiger partial charge in [0.25, 0.3) is 5.91 Å². The van der Waals surface area contributed by atoms with Gasteiger partial charge in [0, 0.05) is 30.3 Å². The highest BCUT2D eigenvalue weighted by Gasteiger charge is 2.42. The molecule has 0 aromatic heterocycles. The Bertz CT molecular complexity index is 1510. The Labute approximate surface area is 243 Å². The first kappa shape index (κ1) is 28.1. The van der Waals surface area contributed by atoms with Crippen LogP contribution in [0.5, 0.6) is 5.75 Å². The third-order valence-corrected chi connectivity index (χ3v) is 8.09. The molecule has 210 valence electrons. The van der Waals surface area contributed by atoms with Crippen molar-refractivity contribution < 1.29 is 19.1 Å². The number of fused-ring (bicyclic) bond motifs is 3. The van der Waals surface area contributed by atoms with Crippen LogP contribution in [0, 0.1) is 0 Å². The fourth-order valence-electron chi connectivity index (χ4n) is 4.59. The van der Waals surface area contributed by atoms with E-state index in [4.69, 9.17) is 14.7 Å². The predicted octanol–water partition coefficient (Wildman–Crippen LogP) is 4.90. The number of carbonyl (C=O) groups is 3. The predicted molar refractivity (Wildman–Crippen MR) is 162 cm³/mol. The molecule has 0 spiro atoms. The number of amides is 3. The molecule has 41 heavy (non-hydrogen) atoms. The molecule has 2 heterocycles. The van der Waals surface area contributed by atoms with E-state index in [2.05, 4.69) is 10.6 Å². The zero-order chi connectivity index (χ0) is 28.8. The van der Waals surface area contributed by atoms with Crippen LogP contribution in [0.1, 0.15) is 37.3 Å². The van der Waals surface area contributed by atoms with Crippen molar-refractivity contribution in [2.45, 2.75) is 44.0 Å². The van der Waals surface area contributed by atoms with Gasteiger partial charge in [-0.15, -0.1) is 0 Å². The van der Waals surface area contributed by atoms with Gasteiger partial charge < -0.3 is 15.4 Å². The van der Waals surface area contributed by atoms with Gasteiger partial charge in [0.15, 0.2) is 5.17 Å². The standard InChI is InChI=1S/C31H31N5O4S/c1-3-26(29(38)33-21-12-9-13-22(18-21)40-2)41-31-35-24-15-8-7-14-23(24)28-34-25(30(39)36(28)31)16-17-27(37)32-19-20-10-5-4-6-11-20/h4-15,18,25-26H,3,16-17,19H2,1-2H3,(H,32,37)(H,33,38)/t25-,26-/m0/s1. The molecular weight excluding hydrogens is 538 g/mol. The molecule has 0 radical (unpaired) electrons. The summed E-state index contributed by atoms with van der Waals surface area (Å²) in [6.07, 6.45) is 0.948. The summed E-state index contributed by atoms with van der Waals surface area (Å²) < 4.78 is 5.26. The van der Waals surface area contributed by atoms with Gasteiger partial charge in [-0.2, -0.15) is 0 Å². The van der Waals surface area contributed by atoms with Crippen molar-refractivity contribution in [1.82, 2.24) is 10.2 Å². The number of benzene rings is 3. The summed E-state index contributed by atoms with van der Waals surface area (Å²) >= 11 is 1.23. The SMILES string of the molecule is CC[C@H](SC1=Nc2ccccc2C2=N[C@@H](CCC(=O)NCc3ccccc3)C(=O)N12)C(=O)Nc1cccc(OC)c1. The molecule has 5 rings (SSSR count). The van der Waals surface area contributed by atoms with Crippen molar-refractivity contribution in [1.29, 1.82) is 0 Å². The van der Waals surface area contributed by atoms with Gasteiger partial charge in [-0.3, -0.25) is 19.4 Å². The lowest BCUT2D eigenvalue weighted by Crippen LogP contribution is -2.42. The fraction of sp³-hybridized carbons (Fsp3) is 0.258. The molecule has 3 amide bonds. The van der Waals surface area contributed by atoms with E-state index in [1.165, 1.54) is 16.7 Å². The summed E-state index contributed by atoms with van der Waals surface area (Å²) in [7, 11) is 1.57. The number of methoxy groups -OCH3 is 1. The number of nitrogens with one attached hydrogen (secondary N) is 2. The maximum absolute atomic E-state index is 13.6. The largest absolute Gasteiger partial charge is 0.497 e. The maximum atomic E-state index is 13.6. The van der Waals surface area contributed by atoms with Crippen LogP contribution in [0.3, 0.4) is 0 Å². The fourth-order valence-corrected chi connectivity index (χ4v) is 5.61. The molecule has 10 heteroatoms. The van der Waals surface area contributed by atoms with Gasteiger partial charge >= 0.3 is 0 Å². The number of hydrogen-bond acceptors (Lipinski definition) is 7. The third-order valence-electron chi connectivity index (χ3n) is 6.77. The first-order valence-corrected chi connectivity index (χ1v) is 14.4. The molecule has 3 aromatic rings. The van der Waals surface area contributed by atoms with Crippen LogP contribution < -0.4 is 15.4 Å². The highest BCUT2D eigenvalue weighted by molar-refractivity contribution is 8.15. The Morgan fingerprint density at radius 2 is 1.83 bits per heavy atom. The van der Waals surface area contributed by atoms with Crippen LogP contribution in [-0.4, -0.2) is 52.0 Å². The van der Waals surface area contributed by atoms with Crippen molar-refractivity contribution in [3.8, 4) is 5.75 Å². The van der Waals surface area contributed by atoms with E-state index in [0.29, 0.717) is 41.1 Å². The first-order chi connectivity index (χ1) is 20.0. The van der Waals surface area contributed by atoms with Gasteiger partial charge in [0.05, 0.1) is 18.0 Å². The lowest BCUT2D eigenvalue weighted by Gasteiger charge is -2.27. The summed E-state index contributed by atoms with van der Waals surface area (Å²) in [6, 6.07) is 23.6. The van der Waals surface area contributed by atoms with Crippen LogP contribution in [0.15, 0.2) is 88.8 Å². The smallest absolute Gasteiger partial charge is 0.259 e. The Balaban J connectivity index is 1.29. The molecule has 0 fully saturated rings. The van der Waals surface area contributed by atoms with Crippen molar-refractivity contribution >= 4 is 51.9 Å². The van der Waals surface area contributed by atoms with Gasteiger partial charge in [-0.1, -0.05) is 67.2 Å². The van der Waals surface area contributed by atoms with Crippen LogP contribution in [0.2, 0.25) is 0 Å². The summed E-state index contributed by atoms with van der Waals surface area (Å²) in [6.45, 7) is 2.34. The lowest BCUT2D eigenvalue weighted by atomic mass is 10.1. The second-order valence-corrected chi connectivity index (χ2v) is 10.8. The van der Waals surface area contributed by atoms with Gasteiger partial charge in [0.2, 0.25) is 11.8 Å². The van der Waals surface area contributed by atoms with Crippen molar-refractivity contribution in [2.24, 2.45) is 9.98 Å². The summed E-state index contributed by atoms with van der Waals surface area (Å²) in [5, 5.41) is 5.73. The minimum atomic E-state index is -0.713. The number of rotatable bonds is 10. The summed E-state index contributed by atoms with van der Waals surface area (Å²) in [5.41, 5.74) is 3.05. The van der Waals surface area contributed by atoms with E-state index in [0.717, 1.165) is 11.1 Å². The second-order valence-electron chi connectivity index (χ2n) is 9.59. The van der Waals surface area contributed by atoms with E-state index >= 15 is 0 Å². The van der Waals surface area contributed by atoms with Gasteiger partial charge in [-0.05, 0) is 42.7 Å². The second kappa shape index (κ2) is 12.8. The molecule has 0 saturated carbocycles. The molecule has 2 N–H and O–H groups in total. The molecule has 0 aliphatic carbocycles. The monoisotopic (exact) mass is 569 g/mol. The van der Waals surface area contributed by atoms with E-state index in [1.54, 1.807) is 31.4 Å². The minimum absolute atomic E-state index is 0.143. The number of anilines is 1. The van der Waals surface area contributed by atoms with Crippen molar-refractivity contribution in [3.05, 3.63) is 90.0 Å². The van der Waals surface area contributed by atoms with E-state index in [-0.39, 0.29) is 30.6 Å². The Morgan fingerprint density at radius 3 is 2.61 bits per heavy atom. The number of para-hydroxylation sites is 1.